The Hall–Kier alpha value is -0.880. The minimum Gasteiger partial charge on any atom is -0.364 e. The molecule has 13 heavy (non-hydrogen) atoms. The van der Waals surface area contributed by atoms with Crippen molar-refractivity contribution >= 4 is 10.0 Å². The van der Waals surface area contributed by atoms with Gasteiger partial charge in [0.1, 0.15) is 12.0 Å². The van der Waals surface area contributed by atoms with Gasteiger partial charge in [0.15, 0.2) is 0 Å². The number of hydrogen-bond donors (Lipinski definition) is 1. The van der Waals surface area contributed by atoms with E-state index < -0.39 is 10.0 Å². The topological polar surface area (TPSA) is 72.2 Å². The van der Waals surface area contributed by atoms with E-state index in [4.69, 9.17) is 0 Å². The Kier molecular flexibility index (Phi) is 3.05. The summed E-state index contributed by atoms with van der Waals surface area (Å²) >= 11 is 0. The molecular formula is C7H12N2O3S. The predicted molar refractivity (Wildman–Crippen MR) is 47.4 cm³/mol. The van der Waals surface area contributed by atoms with Crippen LogP contribution in [0.2, 0.25) is 0 Å². The monoisotopic (exact) mass is 204 g/mol. The molecule has 0 atom stereocenters. The van der Waals surface area contributed by atoms with Crippen LogP contribution >= 0.6 is 0 Å². The van der Waals surface area contributed by atoms with Gasteiger partial charge >= 0.3 is 0 Å². The molecule has 0 spiro atoms. The Balaban J connectivity index is 2.63. The molecule has 0 amide bonds. The quantitative estimate of drug-likeness (QED) is 0.775. The van der Waals surface area contributed by atoms with Crippen LogP contribution < -0.4 is 4.72 Å². The highest BCUT2D eigenvalue weighted by atomic mass is 32.2. The zero-order chi connectivity index (χ0) is 9.90. The lowest BCUT2D eigenvalue weighted by molar-refractivity contribution is 0.413. The number of rotatable bonds is 4. The molecular weight excluding hydrogens is 192 g/mol. The predicted octanol–water partition coefficient (Wildman–Crippen LogP) is 0.502. The van der Waals surface area contributed by atoms with Gasteiger partial charge in [-0.1, -0.05) is 5.16 Å². The lowest BCUT2D eigenvalue weighted by Crippen LogP contribution is -2.31. The van der Waals surface area contributed by atoms with Crippen LogP contribution in [0.25, 0.3) is 0 Å². The van der Waals surface area contributed by atoms with Gasteiger partial charge in [0.05, 0.1) is 5.69 Å². The second-order valence-corrected chi connectivity index (χ2v) is 4.78. The first-order chi connectivity index (χ1) is 5.99. The average molecular weight is 204 g/mol. The van der Waals surface area contributed by atoms with E-state index in [1.54, 1.807) is 13.8 Å². The molecule has 74 valence electrons. The molecule has 0 saturated heterocycles. The first-order valence-electron chi connectivity index (χ1n) is 3.89. The smallest absolute Gasteiger partial charge is 0.217 e. The minimum atomic E-state index is -3.28. The van der Waals surface area contributed by atoms with Crippen molar-refractivity contribution in [2.24, 2.45) is 0 Å². The highest BCUT2D eigenvalue weighted by Gasteiger charge is 2.14. The van der Waals surface area contributed by atoms with Gasteiger partial charge in [0.2, 0.25) is 10.0 Å². The van der Waals surface area contributed by atoms with E-state index in [1.165, 1.54) is 12.3 Å². The zero-order valence-corrected chi connectivity index (χ0v) is 8.34. The lowest BCUT2D eigenvalue weighted by atomic mass is 10.4. The molecule has 0 saturated carbocycles. The molecule has 0 radical (unpaired) electrons. The lowest BCUT2D eigenvalue weighted by Gasteiger charge is -2.07. The van der Waals surface area contributed by atoms with Crippen molar-refractivity contribution in [2.45, 2.75) is 25.6 Å². The summed E-state index contributed by atoms with van der Waals surface area (Å²) < 4.78 is 29.6. The number of nitrogens with one attached hydrogen (secondary N) is 1. The zero-order valence-electron chi connectivity index (χ0n) is 7.52. The molecule has 1 aromatic rings. The molecule has 0 aliphatic rings. The summed E-state index contributed by atoms with van der Waals surface area (Å²) in [5.74, 6) is -0.137. The highest BCUT2D eigenvalue weighted by molar-refractivity contribution is 7.88. The molecule has 0 unspecified atom stereocenters. The molecule has 0 fully saturated rings. The average Bonchev–Trinajstić information content (AvgIpc) is 2.34. The van der Waals surface area contributed by atoms with Gasteiger partial charge in [0.25, 0.3) is 0 Å². The van der Waals surface area contributed by atoms with Gasteiger partial charge in [-0.15, -0.1) is 0 Å². The van der Waals surface area contributed by atoms with Crippen LogP contribution in [-0.2, 0) is 15.8 Å². The van der Waals surface area contributed by atoms with E-state index in [9.17, 15) is 8.42 Å². The van der Waals surface area contributed by atoms with Gasteiger partial charge in [-0.2, -0.15) is 0 Å². The first-order valence-corrected chi connectivity index (χ1v) is 5.54. The van der Waals surface area contributed by atoms with Crippen LogP contribution in [-0.4, -0.2) is 19.6 Å². The fourth-order valence-corrected chi connectivity index (χ4v) is 2.25. The Bertz CT molecular complexity index is 342. The summed E-state index contributed by atoms with van der Waals surface area (Å²) in [6.07, 6.45) is 1.35. The third-order valence-electron chi connectivity index (χ3n) is 1.24. The fraction of sp³-hybridized carbons (Fsp3) is 0.571. The SMILES string of the molecule is CC(C)NS(=O)(=O)Cc1ccon1. The maximum Gasteiger partial charge on any atom is 0.217 e. The largest absolute Gasteiger partial charge is 0.364 e. The number of hydrogen-bond acceptors (Lipinski definition) is 4. The normalized spacial score (nSPS) is 12.2. The Morgan fingerprint density at radius 2 is 2.31 bits per heavy atom. The summed E-state index contributed by atoms with van der Waals surface area (Å²) in [7, 11) is -3.28. The van der Waals surface area contributed by atoms with Gasteiger partial charge in [0, 0.05) is 12.1 Å². The van der Waals surface area contributed by atoms with Crippen LogP contribution in [0.4, 0.5) is 0 Å². The van der Waals surface area contributed by atoms with E-state index in [-0.39, 0.29) is 11.8 Å². The molecule has 6 heteroatoms. The summed E-state index contributed by atoms with van der Waals surface area (Å²) in [6, 6.07) is 1.43. The van der Waals surface area contributed by atoms with E-state index in [1.807, 2.05) is 0 Å². The van der Waals surface area contributed by atoms with E-state index in [0.29, 0.717) is 5.69 Å². The van der Waals surface area contributed by atoms with Gasteiger partial charge < -0.3 is 4.52 Å². The van der Waals surface area contributed by atoms with Crippen LogP contribution in [0, 0.1) is 0 Å². The van der Waals surface area contributed by atoms with Crippen molar-refractivity contribution in [1.29, 1.82) is 0 Å². The second-order valence-electron chi connectivity index (χ2n) is 3.02. The van der Waals surface area contributed by atoms with Crippen molar-refractivity contribution in [2.75, 3.05) is 0 Å². The maximum atomic E-state index is 11.3. The standard InChI is InChI=1S/C7H12N2O3S/c1-6(2)9-13(10,11)5-7-3-4-12-8-7/h3-4,6,9H,5H2,1-2H3. The molecule has 0 bridgehead atoms. The Morgan fingerprint density at radius 1 is 1.62 bits per heavy atom. The maximum absolute atomic E-state index is 11.3. The van der Waals surface area contributed by atoms with Crippen LogP contribution in [0.15, 0.2) is 16.9 Å². The minimum absolute atomic E-state index is 0.100. The van der Waals surface area contributed by atoms with Crippen molar-refractivity contribution in [3.8, 4) is 0 Å². The van der Waals surface area contributed by atoms with Gasteiger partial charge in [-0.3, -0.25) is 0 Å². The van der Waals surface area contributed by atoms with Crippen LogP contribution in [0.5, 0.6) is 0 Å². The third kappa shape index (κ3) is 3.56. The van der Waals surface area contributed by atoms with E-state index in [2.05, 4.69) is 14.4 Å². The molecule has 0 aliphatic heterocycles. The third-order valence-corrected chi connectivity index (χ3v) is 2.75. The van der Waals surface area contributed by atoms with Crippen LogP contribution in [0.3, 0.4) is 0 Å². The van der Waals surface area contributed by atoms with Crippen molar-refractivity contribution in [1.82, 2.24) is 9.88 Å². The summed E-state index contributed by atoms with van der Waals surface area (Å²) in [5, 5.41) is 3.51. The summed E-state index contributed by atoms with van der Waals surface area (Å²) in [5.41, 5.74) is 0.410. The van der Waals surface area contributed by atoms with Crippen molar-refractivity contribution < 1.29 is 12.9 Å². The van der Waals surface area contributed by atoms with Crippen LogP contribution in [0.1, 0.15) is 19.5 Å². The fourth-order valence-electron chi connectivity index (χ4n) is 0.907. The number of nitrogens with zero attached hydrogens (tertiary/aromatic N) is 1. The van der Waals surface area contributed by atoms with Gasteiger partial charge in [-0.05, 0) is 13.8 Å². The molecule has 0 aromatic carbocycles. The Morgan fingerprint density at radius 3 is 2.77 bits per heavy atom. The number of sulfonamides is 1. The molecule has 1 heterocycles. The molecule has 1 rings (SSSR count). The van der Waals surface area contributed by atoms with Crippen molar-refractivity contribution in [3.63, 3.8) is 0 Å². The first kappa shape index (κ1) is 10.2. The summed E-state index contributed by atoms with van der Waals surface area (Å²) in [4.78, 5) is 0. The van der Waals surface area contributed by atoms with Gasteiger partial charge in [-0.25, -0.2) is 13.1 Å². The Labute approximate surface area is 77.2 Å². The molecule has 5 nitrogen and oxygen atoms in total. The number of aromatic nitrogens is 1. The molecule has 0 aliphatic carbocycles. The van der Waals surface area contributed by atoms with Crippen molar-refractivity contribution in [3.05, 3.63) is 18.0 Å². The molecule has 1 N–H and O–H groups in total. The van der Waals surface area contributed by atoms with E-state index >= 15 is 0 Å². The second kappa shape index (κ2) is 3.89. The highest BCUT2D eigenvalue weighted by Crippen LogP contribution is 2.01. The summed E-state index contributed by atoms with van der Waals surface area (Å²) in [6.45, 7) is 3.53. The van der Waals surface area contributed by atoms with E-state index in [0.717, 1.165) is 0 Å². The molecule has 1 aromatic heterocycles.